The third-order valence-electron chi connectivity index (χ3n) is 3.74. The molecule has 1 aliphatic heterocycles. The van der Waals surface area contributed by atoms with Gasteiger partial charge in [0.05, 0.1) is 11.3 Å². The maximum atomic E-state index is 12.8. The number of amides is 2. The number of nitrogens with zero attached hydrogens (tertiary/aromatic N) is 2. The second kappa shape index (κ2) is 6.99. The van der Waals surface area contributed by atoms with Gasteiger partial charge in [0, 0.05) is 18.5 Å². The van der Waals surface area contributed by atoms with Gasteiger partial charge in [0.1, 0.15) is 5.71 Å². The van der Waals surface area contributed by atoms with Gasteiger partial charge in [-0.3, -0.25) is 9.59 Å². The van der Waals surface area contributed by atoms with Crippen molar-refractivity contribution in [1.82, 2.24) is 0 Å². The van der Waals surface area contributed by atoms with Crippen molar-refractivity contribution in [1.29, 1.82) is 0 Å². The zero-order valence-corrected chi connectivity index (χ0v) is 13.5. The summed E-state index contributed by atoms with van der Waals surface area (Å²) >= 11 is 0. The predicted molar refractivity (Wildman–Crippen MR) is 90.7 cm³/mol. The van der Waals surface area contributed by atoms with Gasteiger partial charge in [0.15, 0.2) is 0 Å². The lowest BCUT2D eigenvalue weighted by Crippen LogP contribution is -2.36. The number of hydrogen-bond donors (Lipinski definition) is 1. The molecule has 0 aliphatic carbocycles. The summed E-state index contributed by atoms with van der Waals surface area (Å²) in [5.74, 6) is -0.899. The van der Waals surface area contributed by atoms with Crippen LogP contribution >= 0.6 is 0 Å². The average Bonchev–Trinajstić information content (AvgIpc) is 2.62. The molecule has 0 spiro atoms. The maximum absolute atomic E-state index is 12.8. The van der Waals surface area contributed by atoms with Crippen molar-refractivity contribution in [3.8, 4) is 0 Å². The van der Waals surface area contributed by atoms with Gasteiger partial charge in [-0.2, -0.15) is 18.3 Å². The predicted octanol–water partition coefficient (Wildman–Crippen LogP) is 3.83. The first-order valence-corrected chi connectivity index (χ1v) is 7.79. The molecule has 1 heterocycles. The summed E-state index contributed by atoms with van der Waals surface area (Å²) in [5, 5.41) is 7.60. The van der Waals surface area contributed by atoms with Crippen molar-refractivity contribution in [3.05, 3.63) is 60.2 Å². The second-order valence-corrected chi connectivity index (χ2v) is 5.62. The van der Waals surface area contributed by atoms with Crippen molar-refractivity contribution in [2.75, 3.05) is 10.3 Å². The molecular formula is C18H14F3N3O2. The van der Waals surface area contributed by atoms with Crippen LogP contribution in [0.5, 0.6) is 0 Å². The van der Waals surface area contributed by atoms with Crippen LogP contribution in [0.15, 0.2) is 59.7 Å². The summed E-state index contributed by atoms with van der Waals surface area (Å²) in [5.41, 5.74) is -0.259. The van der Waals surface area contributed by atoms with Gasteiger partial charge >= 0.3 is 6.18 Å². The summed E-state index contributed by atoms with van der Waals surface area (Å²) in [4.78, 5) is 24.4. The SMILES string of the molecule is O=C(Nc1cccc(C(F)(F)F)c1)C1=NN(c2ccccc2)C(=O)CC1. The molecule has 2 amide bonds. The van der Waals surface area contributed by atoms with Crippen LogP contribution in [0.25, 0.3) is 0 Å². The van der Waals surface area contributed by atoms with Gasteiger partial charge in [0.25, 0.3) is 5.91 Å². The lowest BCUT2D eigenvalue weighted by Gasteiger charge is -2.23. The Kier molecular flexibility index (Phi) is 4.75. The maximum Gasteiger partial charge on any atom is 0.416 e. The van der Waals surface area contributed by atoms with Crippen molar-refractivity contribution in [2.24, 2.45) is 5.10 Å². The Bertz CT molecular complexity index is 863. The third kappa shape index (κ3) is 3.90. The number of benzene rings is 2. The number of hydrogen-bond acceptors (Lipinski definition) is 3. The number of carbonyl (C=O) groups is 2. The minimum absolute atomic E-state index is 0.00989. The molecule has 5 nitrogen and oxygen atoms in total. The highest BCUT2D eigenvalue weighted by molar-refractivity contribution is 6.44. The first-order chi connectivity index (χ1) is 12.3. The normalized spacial score (nSPS) is 14.8. The lowest BCUT2D eigenvalue weighted by molar-refractivity contribution is -0.137. The molecule has 2 aromatic rings. The van der Waals surface area contributed by atoms with Crippen LogP contribution in [0, 0.1) is 0 Å². The van der Waals surface area contributed by atoms with Crippen molar-refractivity contribution in [2.45, 2.75) is 19.0 Å². The van der Waals surface area contributed by atoms with Gasteiger partial charge < -0.3 is 5.32 Å². The molecule has 0 bridgehead atoms. The highest BCUT2D eigenvalue weighted by Gasteiger charge is 2.31. The van der Waals surface area contributed by atoms with Gasteiger partial charge in [-0.25, -0.2) is 5.01 Å². The van der Waals surface area contributed by atoms with E-state index in [1.165, 1.54) is 12.1 Å². The molecular weight excluding hydrogens is 347 g/mol. The Morgan fingerprint density at radius 1 is 1.04 bits per heavy atom. The number of anilines is 2. The van der Waals surface area contributed by atoms with Crippen molar-refractivity contribution >= 4 is 28.9 Å². The summed E-state index contributed by atoms with van der Waals surface area (Å²) < 4.78 is 38.3. The Labute approximate surface area is 147 Å². The van der Waals surface area contributed by atoms with Gasteiger partial charge in [-0.05, 0) is 30.3 Å². The van der Waals surface area contributed by atoms with E-state index in [2.05, 4.69) is 10.4 Å². The molecule has 1 aliphatic rings. The molecule has 3 rings (SSSR count). The molecule has 0 fully saturated rings. The Morgan fingerprint density at radius 3 is 2.46 bits per heavy atom. The topological polar surface area (TPSA) is 61.8 Å². The fraction of sp³-hybridized carbons (Fsp3) is 0.167. The molecule has 0 radical (unpaired) electrons. The van der Waals surface area contributed by atoms with Crippen LogP contribution in [0.3, 0.4) is 0 Å². The molecule has 2 aromatic carbocycles. The fourth-order valence-electron chi connectivity index (χ4n) is 2.46. The van der Waals surface area contributed by atoms with Gasteiger partial charge in [-0.1, -0.05) is 24.3 Å². The highest BCUT2D eigenvalue weighted by Crippen LogP contribution is 2.30. The number of rotatable bonds is 3. The van der Waals surface area contributed by atoms with Crippen LogP contribution < -0.4 is 10.3 Å². The molecule has 134 valence electrons. The van der Waals surface area contributed by atoms with Crippen molar-refractivity contribution < 1.29 is 22.8 Å². The second-order valence-electron chi connectivity index (χ2n) is 5.62. The van der Waals surface area contributed by atoms with Crippen LogP contribution in [-0.2, 0) is 15.8 Å². The number of alkyl halides is 3. The molecule has 1 N–H and O–H groups in total. The summed E-state index contributed by atoms with van der Waals surface area (Å²) in [6.45, 7) is 0. The average molecular weight is 361 g/mol. The van der Waals surface area contributed by atoms with Crippen LogP contribution in [0.2, 0.25) is 0 Å². The van der Waals surface area contributed by atoms with Crippen molar-refractivity contribution in [3.63, 3.8) is 0 Å². The Morgan fingerprint density at radius 2 is 1.77 bits per heavy atom. The largest absolute Gasteiger partial charge is 0.416 e. The van der Waals surface area contributed by atoms with Gasteiger partial charge in [0.2, 0.25) is 5.91 Å². The minimum atomic E-state index is -4.50. The number of carbonyl (C=O) groups excluding carboxylic acids is 2. The van der Waals surface area contributed by atoms with Gasteiger partial charge in [-0.15, -0.1) is 0 Å². The van der Waals surface area contributed by atoms with E-state index in [4.69, 9.17) is 0 Å². The Balaban J connectivity index is 1.80. The van der Waals surface area contributed by atoms with Crippen LogP contribution in [0.1, 0.15) is 18.4 Å². The van der Waals surface area contributed by atoms with E-state index >= 15 is 0 Å². The zero-order valence-electron chi connectivity index (χ0n) is 13.5. The van der Waals surface area contributed by atoms with E-state index in [1.807, 2.05) is 0 Å². The lowest BCUT2D eigenvalue weighted by atomic mass is 10.1. The number of para-hydroxylation sites is 1. The molecule has 0 saturated heterocycles. The number of nitrogens with one attached hydrogen (secondary N) is 1. The first-order valence-electron chi connectivity index (χ1n) is 7.79. The Hall–Kier alpha value is -3.16. The fourth-order valence-corrected chi connectivity index (χ4v) is 2.46. The smallest absolute Gasteiger partial charge is 0.321 e. The van der Waals surface area contributed by atoms with E-state index in [1.54, 1.807) is 30.3 Å². The zero-order chi connectivity index (χ0) is 18.7. The summed E-state index contributed by atoms with van der Waals surface area (Å²) in [6, 6.07) is 12.9. The summed E-state index contributed by atoms with van der Waals surface area (Å²) in [7, 11) is 0. The molecule has 26 heavy (non-hydrogen) atoms. The van der Waals surface area contributed by atoms with Crippen LogP contribution in [-0.4, -0.2) is 17.5 Å². The number of halogens is 3. The molecule has 0 unspecified atom stereocenters. The van der Waals surface area contributed by atoms with E-state index in [9.17, 15) is 22.8 Å². The van der Waals surface area contributed by atoms with Crippen LogP contribution in [0.4, 0.5) is 24.5 Å². The molecule has 8 heteroatoms. The first kappa shape index (κ1) is 17.7. The summed E-state index contributed by atoms with van der Waals surface area (Å²) in [6.07, 6.45) is -4.30. The van der Waals surface area contributed by atoms with E-state index in [-0.39, 0.29) is 30.1 Å². The number of hydrazone groups is 1. The molecule has 0 atom stereocenters. The monoisotopic (exact) mass is 361 g/mol. The minimum Gasteiger partial charge on any atom is -0.321 e. The standard InChI is InChI=1S/C18H14F3N3O2/c19-18(20,21)12-5-4-6-13(11-12)22-17(26)15-9-10-16(25)24(23-15)14-7-2-1-3-8-14/h1-8,11H,9-10H2,(H,22,26). The molecule has 0 aromatic heterocycles. The van der Waals surface area contributed by atoms with E-state index in [0.29, 0.717) is 5.69 Å². The quantitative estimate of drug-likeness (QED) is 0.903. The van der Waals surface area contributed by atoms with E-state index in [0.717, 1.165) is 17.1 Å². The van der Waals surface area contributed by atoms with E-state index < -0.39 is 17.6 Å². The third-order valence-corrected chi connectivity index (χ3v) is 3.74. The highest BCUT2D eigenvalue weighted by atomic mass is 19.4. The molecule has 0 saturated carbocycles.